The summed E-state index contributed by atoms with van der Waals surface area (Å²) in [6, 6.07) is 0. The van der Waals surface area contributed by atoms with Crippen molar-refractivity contribution >= 4 is 30.7 Å². The van der Waals surface area contributed by atoms with E-state index in [0.717, 1.165) is 5.69 Å². The number of aromatic nitrogens is 2. The SMILES string of the molecule is Cc1cnc(C(=O)NCC(C)CN)cn1.Cl.Cl. The number of carbonyl (C=O) groups excluding carboxylic acids is 1. The van der Waals surface area contributed by atoms with E-state index in [1.54, 1.807) is 6.20 Å². The maximum atomic E-state index is 11.5. The van der Waals surface area contributed by atoms with Gasteiger partial charge < -0.3 is 11.1 Å². The predicted octanol–water partition coefficient (Wildman–Crippen LogP) is 0.953. The summed E-state index contributed by atoms with van der Waals surface area (Å²) in [7, 11) is 0. The number of aryl methyl sites for hydroxylation is 1. The van der Waals surface area contributed by atoms with Gasteiger partial charge in [-0.1, -0.05) is 6.92 Å². The Kier molecular flexibility index (Phi) is 9.94. The molecular weight excluding hydrogens is 263 g/mol. The lowest BCUT2D eigenvalue weighted by molar-refractivity contribution is 0.0943. The topological polar surface area (TPSA) is 80.9 Å². The molecule has 0 spiro atoms. The van der Waals surface area contributed by atoms with Crippen LogP contribution in [0.4, 0.5) is 0 Å². The number of rotatable bonds is 4. The van der Waals surface area contributed by atoms with Crippen LogP contribution in [0.1, 0.15) is 23.1 Å². The number of carbonyl (C=O) groups is 1. The van der Waals surface area contributed by atoms with Crippen molar-refractivity contribution in [3.63, 3.8) is 0 Å². The van der Waals surface area contributed by atoms with E-state index in [2.05, 4.69) is 15.3 Å². The zero-order valence-corrected chi connectivity index (χ0v) is 11.5. The van der Waals surface area contributed by atoms with Gasteiger partial charge >= 0.3 is 0 Å². The van der Waals surface area contributed by atoms with Gasteiger partial charge in [0, 0.05) is 12.7 Å². The summed E-state index contributed by atoms with van der Waals surface area (Å²) >= 11 is 0. The van der Waals surface area contributed by atoms with Crippen molar-refractivity contribution in [2.45, 2.75) is 13.8 Å². The van der Waals surface area contributed by atoms with Crippen LogP contribution in [0.15, 0.2) is 12.4 Å². The Morgan fingerprint density at radius 2 is 2.06 bits per heavy atom. The van der Waals surface area contributed by atoms with E-state index < -0.39 is 0 Å². The monoisotopic (exact) mass is 280 g/mol. The minimum absolute atomic E-state index is 0. The van der Waals surface area contributed by atoms with Gasteiger partial charge in [-0.3, -0.25) is 9.78 Å². The number of halogens is 2. The first-order chi connectivity index (χ1) is 7.13. The van der Waals surface area contributed by atoms with Crippen molar-refractivity contribution < 1.29 is 4.79 Å². The zero-order valence-electron chi connectivity index (χ0n) is 9.84. The zero-order chi connectivity index (χ0) is 11.3. The third kappa shape index (κ3) is 6.41. The van der Waals surface area contributed by atoms with E-state index in [-0.39, 0.29) is 36.6 Å². The Hall–Kier alpha value is -0.910. The summed E-state index contributed by atoms with van der Waals surface area (Å²) in [5.74, 6) is 0.0650. The van der Waals surface area contributed by atoms with Gasteiger partial charge in [-0.2, -0.15) is 0 Å². The van der Waals surface area contributed by atoms with Gasteiger partial charge in [0.15, 0.2) is 0 Å². The minimum Gasteiger partial charge on any atom is -0.350 e. The van der Waals surface area contributed by atoms with Gasteiger partial charge in [0.05, 0.1) is 11.9 Å². The quantitative estimate of drug-likeness (QED) is 0.861. The molecule has 0 aliphatic heterocycles. The van der Waals surface area contributed by atoms with Crippen molar-refractivity contribution in [3.8, 4) is 0 Å². The summed E-state index contributed by atoms with van der Waals surface area (Å²) in [6.07, 6.45) is 3.04. The lowest BCUT2D eigenvalue weighted by atomic mass is 10.2. The first kappa shape index (κ1) is 18.5. The molecule has 1 amide bonds. The Balaban J connectivity index is 0. The average Bonchev–Trinajstić information content (AvgIpc) is 2.26. The molecule has 1 unspecified atom stereocenters. The van der Waals surface area contributed by atoms with Crippen molar-refractivity contribution in [2.75, 3.05) is 13.1 Å². The van der Waals surface area contributed by atoms with Crippen LogP contribution in [-0.2, 0) is 0 Å². The van der Waals surface area contributed by atoms with Crippen LogP contribution in [0.2, 0.25) is 0 Å². The lowest BCUT2D eigenvalue weighted by Crippen LogP contribution is -2.31. The van der Waals surface area contributed by atoms with Gasteiger partial charge in [-0.25, -0.2) is 4.98 Å². The fourth-order valence-corrected chi connectivity index (χ4v) is 0.951. The molecule has 0 bridgehead atoms. The van der Waals surface area contributed by atoms with Crippen LogP contribution in [0.3, 0.4) is 0 Å². The Bertz CT molecular complexity index is 332. The Labute approximate surface area is 113 Å². The molecule has 98 valence electrons. The third-order valence-electron chi connectivity index (χ3n) is 2.03. The lowest BCUT2D eigenvalue weighted by Gasteiger charge is -2.09. The van der Waals surface area contributed by atoms with E-state index >= 15 is 0 Å². The molecule has 1 aromatic rings. The first-order valence-electron chi connectivity index (χ1n) is 4.90. The van der Waals surface area contributed by atoms with Crippen molar-refractivity contribution in [3.05, 3.63) is 23.8 Å². The highest BCUT2D eigenvalue weighted by atomic mass is 35.5. The number of nitrogens with zero attached hydrogens (tertiary/aromatic N) is 2. The highest BCUT2D eigenvalue weighted by Gasteiger charge is 2.08. The molecule has 0 radical (unpaired) electrons. The summed E-state index contributed by atoms with van der Waals surface area (Å²) in [4.78, 5) is 19.5. The number of nitrogens with two attached hydrogens (primary N) is 1. The molecule has 1 rings (SSSR count). The third-order valence-corrected chi connectivity index (χ3v) is 2.03. The molecule has 5 nitrogen and oxygen atoms in total. The van der Waals surface area contributed by atoms with E-state index in [9.17, 15) is 4.79 Å². The van der Waals surface area contributed by atoms with Gasteiger partial charge in [0.1, 0.15) is 5.69 Å². The standard InChI is InChI=1S/C10H16N4O.2ClH/c1-7(3-11)4-14-10(15)9-6-12-8(2)5-13-9;;/h5-7H,3-4,11H2,1-2H3,(H,14,15);2*1H. The molecular formula is C10H18Cl2N4O. The van der Waals surface area contributed by atoms with Gasteiger partial charge in [-0.15, -0.1) is 24.8 Å². The van der Waals surface area contributed by atoms with Crippen LogP contribution in [0.25, 0.3) is 0 Å². The van der Waals surface area contributed by atoms with Crippen LogP contribution >= 0.6 is 24.8 Å². The second kappa shape index (κ2) is 9.15. The fraction of sp³-hybridized carbons (Fsp3) is 0.500. The van der Waals surface area contributed by atoms with Gasteiger partial charge in [0.25, 0.3) is 5.91 Å². The van der Waals surface area contributed by atoms with Gasteiger partial charge in [-0.05, 0) is 19.4 Å². The molecule has 1 atom stereocenters. The normalized spacial score (nSPS) is 10.8. The van der Waals surface area contributed by atoms with E-state index in [1.807, 2.05) is 13.8 Å². The molecule has 0 saturated heterocycles. The Morgan fingerprint density at radius 3 is 2.53 bits per heavy atom. The molecule has 3 N–H and O–H groups in total. The van der Waals surface area contributed by atoms with Crippen molar-refractivity contribution in [1.29, 1.82) is 0 Å². The second-order valence-electron chi connectivity index (χ2n) is 3.59. The summed E-state index contributed by atoms with van der Waals surface area (Å²) < 4.78 is 0. The first-order valence-corrected chi connectivity index (χ1v) is 4.90. The molecule has 7 heteroatoms. The molecule has 1 aromatic heterocycles. The molecule has 0 fully saturated rings. The summed E-state index contributed by atoms with van der Waals surface area (Å²) in [6.45, 7) is 4.91. The number of hydrogen-bond acceptors (Lipinski definition) is 4. The number of hydrogen-bond donors (Lipinski definition) is 2. The number of nitrogens with one attached hydrogen (secondary N) is 1. The summed E-state index contributed by atoms with van der Waals surface area (Å²) in [5.41, 5.74) is 6.57. The van der Waals surface area contributed by atoms with E-state index in [1.165, 1.54) is 6.20 Å². The van der Waals surface area contributed by atoms with E-state index in [4.69, 9.17) is 5.73 Å². The molecule has 0 aliphatic carbocycles. The highest BCUT2D eigenvalue weighted by Crippen LogP contribution is 1.95. The minimum atomic E-state index is -0.206. The smallest absolute Gasteiger partial charge is 0.271 e. The van der Waals surface area contributed by atoms with Crippen molar-refractivity contribution in [1.82, 2.24) is 15.3 Å². The van der Waals surface area contributed by atoms with Crippen LogP contribution in [-0.4, -0.2) is 29.0 Å². The second-order valence-corrected chi connectivity index (χ2v) is 3.59. The van der Waals surface area contributed by atoms with E-state index in [0.29, 0.717) is 18.8 Å². The Morgan fingerprint density at radius 1 is 1.41 bits per heavy atom. The van der Waals surface area contributed by atoms with Crippen molar-refractivity contribution in [2.24, 2.45) is 11.7 Å². The molecule has 1 heterocycles. The number of amides is 1. The maximum absolute atomic E-state index is 11.5. The molecule has 17 heavy (non-hydrogen) atoms. The predicted molar refractivity (Wildman–Crippen MR) is 71.8 cm³/mol. The molecule has 0 aliphatic rings. The molecule has 0 aromatic carbocycles. The summed E-state index contributed by atoms with van der Waals surface area (Å²) in [5, 5.41) is 2.75. The van der Waals surface area contributed by atoms with Crippen LogP contribution in [0, 0.1) is 12.8 Å². The van der Waals surface area contributed by atoms with Crippen LogP contribution < -0.4 is 11.1 Å². The maximum Gasteiger partial charge on any atom is 0.271 e. The average molecular weight is 281 g/mol. The fourth-order valence-electron chi connectivity index (χ4n) is 0.951. The van der Waals surface area contributed by atoms with Crippen LogP contribution in [0.5, 0.6) is 0 Å². The van der Waals surface area contributed by atoms with Gasteiger partial charge in [0.2, 0.25) is 0 Å². The highest BCUT2D eigenvalue weighted by molar-refractivity contribution is 5.91. The molecule has 0 saturated carbocycles. The largest absolute Gasteiger partial charge is 0.350 e.